The van der Waals surface area contributed by atoms with Crippen molar-refractivity contribution in [1.82, 2.24) is 24.7 Å². The molecule has 1 fully saturated rings. The van der Waals surface area contributed by atoms with Crippen molar-refractivity contribution in [2.45, 2.75) is 29.2 Å². The van der Waals surface area contributed by atoms with Gasteiger partial charge in [-0.2, -0.15) is 10.2 Å². The van der Waals surface area contributed by atoms with Crippen LogP contribution >= 0.6 is 35.1 Å². The molecule has 0 aliphatic carbocycles. The Morgan fingerprint density at radius 1 is 1.08 bits per heavy atom. The SMILES string of the molecule is Cn1nc2cc1CSc1cc(c3ccccc3c1)OCCCc1c(C(=O)O)n(C)c3c(c(Cl)ccc13)/C=C1\CNCCN1/N=C/CSC2. The Morgan fingerprint density at radius 3 is 2.83 bits per heavy atom. The average molecular weight is 701 g/mol. The number of halogens is 1. The number of thioether (sulfide) groups is 2. The van der Waals surface area contributed by atoms with Crippen molar-refractivity contribution in [1.29, 1.82) is 0 Å². The number of hydrazone groups is 1. The van der Waals surface area contributed by atoms with Crippen LogP contribution in [0.3, 0.4) is 0 Å². The molecule has 2 aromatic heterocycles. The average Bonchev–Trinajstić information content (AvgIpc) is 3.58. The van der Waals surface area contributed by atoms with E-state index in [-0.39, 0.29) is 5.69 Å². The molecule has 248 valence electrons. The van der Waals surface area contributed by atoms with Crippen LogP contribution in [-0.4, -0.2) is 68.6 Å². The van der Waals surface area contributed by atoms with Crippen LogP contribution < -0.4 is 10.1 Å². The van der Waals surface area contributed by atoms with Crippen LogP contribution in [0.4, 0.5) is 0 Å². The van der Waals surface area contributed by atoms with Crippen molar-refractivity contribution >= 4 is 75.1 Å². The third kappa shape index (κ3) is 6.69. The molecule has 3 aromatic carbocycles. The Kier molecular flexibility index (Phi) is 9.72. The Labute approximate surface area is 293 Å². The predicted molar refractivity (Wildman–Crippen MR) is 198 cm³/mol. The Hall–Kier alpha value is -3.90. The molecule has 2 aliphatic heterocycles. The lowest BCUT2D eigenvalue weighted by molar-refractivity contribution is 0.0685. The molecule has 2 aliphatic rings. The number of aromatic nitrogens is 3. The summed E-state index contributed by atoms with van der Waals surface area (Å²) in [7, 11) is 3.81. The summed E-state index contributed by atoms with van der Waals surface area (Å²) in [5, 5.41) is 29.0. The molecule has 0 atom stereocenters. The van der Waals surface area contributed by atoms with Crippen LogP contribution in [0.2, 0.25) is 5.02 Å². The highest BCUT2D eigenvalue weighted by molar-refractivity contribution is 7.99. The second kappa shape index (κ2) is 14.3. The second-order valence-electron chi connectivity index (χ2n) is 11.9. The van der Waals surface area contributed by atoms with Crippen LogP contribution in [0.25, 0.3) is 27.8 Å². The first-order valence-electron chi connectivity index (χ1n) is 16.0. The number of carboxylic acid groups (broad SMARTS) is 1. The molecule has 48 heavy (non-hydrogen) atoms. The standard InChI is InChI=1S/C36H37ClN6O3S2/c1-41-34-30-9-10-32(37)31(34)18-25-20-38-11-13-43(25)39-12-15-47-21-24-17-26(42(2)40-24)22-48-27-16-23-6-3-4-7-28(23)33(19-27)46-14-5-8-29(30)35(41)36(44)45/h3-4,6-7,9-10,12,16-19,38H,5,8,11,13-15,20-22H2,1-2H3,(H,44,45)/b25-18+,39-12+. The molecule has 8 bridgehead atoms. The zero-order chi connectivity index (χ0) is 33.2. The van der Waals surface area contributed by atoms with Gasteiger partial charge in [0.15, 0.2) is 0 Å². The molecular formula is C36H37ClN6O3S2. The van der Waals surface area contributed by atoms with Crippen LogP contribution in [0.1, 0.15) is 39.4 Å². The van der Waals surface area contributed by atoms with Gasteiger partial charge in [0, 0.05) is 82.6 Å². The summed E-state index contributed by atoms with van der Waals surface area (Å²) < 4.78 is 10.2. The summed E-state index contributed by atoms with van der Waals surface area (Å²) in [6.45, 7) is 2.60. The quantitative estimate of drug-likeness (QED) is 0.190. The van der Waals surface area contributed by atoms with Crippen LogP contribution in [0, 0.1) is 0 Å². The molecule has 1 saturated heterocycles. The molecule has 0 unspecified atom stereocenters. The smallest absolute Gasteiger partial charge is 0.352 e. The molecule has 2 N–H and O–H groups in total. The van der Waals surface area contributed by atoms with E-state index >= 15 is 0 Å². The van der Waals surface area contributed by atoms with Crippen molar-refractivity contribution in [2.24, 2.45) is 19.2 Å². The normalized spacial score (nSPS) is 18.1. The third-order valence-corrected chi connectivity index (χ3v) is 11.0. The number of hydrogen-bond acceptors (Lipinski definition) is 8. The molecular weight excluding hydrogens is 664 g/mol. The number of nitrogens with zero attached hydrogens (tertiary/aromatic N) is 5. The minimum Gasteiger partial charge on any atom is -0.493 e. The fourth-order valence-corrected chi connectivity index (χ4v) is 8.35. The maximum absolute atomic E-state index is 12.7. The fourth-order valence-electron chi connectivity index (χ4n) is 6.52. The van der Waals surface area contributed by atoms with E-state index in [0.29, 0.717) is 31.0 Å². The molecule has 4 heterocycles. The summed E-state index contributed by atoms with van der Waals surface area (Å²) in [5.74, 6) is 2.20. The van der Waals surface area contributed by atoms with Gasteiger partial charge in [-0.05, 0) is 54.1 Å². The van der Waals surface area contributed by atoms with Gasteiger partial charge < -0.3 is 19.7 Å². The lowest BCUT2D eigenvalue weighted by Crippen LogP contribution is -2.39. The van der Waals surface area contributed by atoms with Crippen molar-refractivity contribution < 1.29 is 14.6 Å². The van der Waals surface area contributed by atoms with E-state index in [1.807, 2.05) is 60.3 Å². The number of nitrogens with one attached hydrogen (secondary N) is 1. The number of carbonyl (C=O) groups is 1. The van der Waals surface area contributed by atoms with Crippen molar-refractivity contribution in [3.8, 4) is 5.75 Å². The number of hydrogen-bond donors (Lipinski definition) is 2. The van der Waals surface area contributed by atoms with Crippen molar-refractivity contribution in [3.63, 3.8) is 0 Å². The summed E-state index contributed by atoms with van der Waals surface area (Å²) in [6, 6.07) is 18.6. The van der Waals surface area contributed by atoms with Gasteiger partial charge in [0.05, 0.1) is 30.1 Å². The first kappa shape index (κ1) is 32.6. The van der Waals surface area contributed by atoms with E-state index in [9.17, 15) is 9.90 Å². The Balaban J connectivity index is 1.27. The number of ether oxygens (including phenoxy) is 1. The van der Waals surface area contributed by atoms with Crippen molar-refractivity contribution in [3.05, 3.63) is 93.5 Å². The van der Waals surface area contributed by atoms with Gasteiger partial charge in [0.1, 0.15) is 11.4 Å². The van der Waals surface area contributed by atoms with Gasteiger partial charge in [-0.3, -0.25) is 9.69 Å². The number of piperazine rings is 1. The molecule has 0 radical (unpaired) electrons. The van der Waals surface area contributed by atoms with Crippen LogP contribution in [-0.2, 0) is 32.0 Å². The predicted octanol–water partition coefficient (Wildman–Crippen LogP) is 7.20. The van der Waals surface area contributed by atoms with E-state index in [4.69, 9.17) is 26.5 Å². The summed E-state index contributed by atoms with van der Waals surface area (Å²) >= 11 is 10.4. The first-order chi connectivity index (χ1) is 23.4. The fraction of sp³-hybridized carbons (Fsp3) is 0.306. The van der Waals surface area contributed by atoms with Gasteiger partial charge in [-0.1, -0.05) is 41.9 Å². The molecule has 5 aromatic rings. The largest absolute Gasteiger partial charge is 0.493 e. The Bertz CT molecular complexity index is 2070. The lowest BCUT2D eigenvalue weighted by atomic mass is 10.0. The molecule has 12 heteroatoms. The third-order valence-electron chi connectivity index (χ3n) is 8.80. The number of aryl methyl sites for hydroxylation is 3. The van der Waals surface area contributed by atoms with E-state index in [2.05, 4.69) is 35.6 Å². The zero-order valence-corrected chi connectivity index (χ0v) is 29.3. The highest BCUT2D eigenvalue weighted by Crippen LogP contribution is 2.36. The van der Waals surface area contributed by atoms with Gasteiger partial charge in [0.2, 0.25) is 0 Å². The van der Waals surface area contributed by atoms with Gasteiger partial charge in [-0.25, -0.2) is 4.79 Å². The highest BCUT2D eigenvalue weighted by Gasteiger charge is 2.24. The number of fused-ring (bicyclic) bond motifs is 7. The van der Waals surface area contributed by atoms with Gasteiger partial charge in [-0.15, -0.1) is 23.5 Å². The lowest BCUT2D eigenvalue weighted by Gasteiger charge is -2.28. The number of carboxylic acids is 1. The molecule has 9 nitrogen and oxygen atoms in total. The molecule has 7 rings (SSSR count). The monoisotopic (exact) mass is 700 g/mol. The van der Waals surface area contributed by atoms with Crippen LogP contribution in [0.15, 0.2) is 70.3 Å². The summed E-state index contributed by atoms with van der Waals surface area (Å²) in [5.41, 5.74) is 5.83. The topological polar surface area (TPSA) is 96.9 Å². The van der Waals surface area contributed by atoms with E-state index in [0.717, 1.165) is 90.9 Å². The molecule has 0 saturated carbocycles. The first-order valence-corrected chi connectivity index (χ1v) is 18.5. The number of rotatable bonds is 1. The van der Waals surface area contributed by atoms with Crippen LogP contribution in [0.5, 0.6) is 5.75 Å². The van der Waals surface area contributed by atoms with Gasteiger partial charge in [0.25, 0.3) is 0 Å². The maximum Gasteiger partial charge on any atom is 0.352 e. The zero-order valence-electron chi connectivity index (χ0n) is 26.9. The second-order valence-corrected chi connectivity index (χ2v) is 14.4. The molecule has 0 amide bonds. The number of benzene rings is 3. The minimum absolute atomic E-state index is 0.271. The maximum atomic E-state index is 12.7. The van der Waals surface area contributed by atoms with Crippen molar-refractivity contribution in [2.75, 3.05) is 32.0 Å². The minimum atomic E-state index is -0.962. The highest BCUT2D eigenvalue weighted by atomic mass is 35.5. The molecule has 0 spiro atoms. The van der Waals surface area contributed by atoms with Gasteiger partial charge >= 0.3 is 5.97 Å². The number of aromatic carboxylic acids is 1. The summed E-state index contributed by atoms with van der Waals surface area (Å²) in [6.07, 6.45) is 5.18. The Morgan fingerprint density at radius 2 is 1.96 bits per heavy atom. The van der Waals surface area contributed by atoms with E-state index in [1.165, 1.54) is 0 Å². The van der Waals surface area contributed by atoms with E-state index < -0.39 is 5.97 Å². The summed E-state index contributed by atoms with van der Waals surface area (Å²) in [4.78, 5) is 13.8. The van der Waals surface area contributed by atoms with E-state index in [1.54, 1.807) is 28.1 Å².